The van der Waals surface area contributed by atoms with Crippen LogP contribution in [0.15, 0.2) is 21.5 Å². The molecule has 2 fully saturated rings. The van der Waals surface area contributed by atoms with Crippen LogP contribution in [-0.2, 0) is 11.3 Å². The molecule has 0 aliphatic carbocycles. The third-order valence-corrected chi connectivity index (χ3v) is 4.83. The lowest BCUT2D eigenvalue weighted by Crippen LogP contribution is -2.41. The van der Waals surface area contributed by atoms with Gasteiger partial charge in [-0.05, 0) is 36.8 Å². The van der Waals surface area contributed by atoms with Crippen LogP contribution in [0.3, 0.4) is 0 Å². The molecule has 3 heterocycles. The highest BCUT2D eigenvalue weighted by atomic mass is 127. The van der Waals surface area contributed by atoms with Crippen molar-refractivity contribution in [3.63, 3.8) is 0 Å². The van der Waals surface area contributed by atoms with Crippen molar-refractivity contribution >= 4 is 35.8 Å². The number of aliphatic imine (C=N–C) groups is 1. The highest BCUT2D eigenvalue weighted by molar-refractivity contribution is 14.0. The molecule has 0 saturated carbocycles. The van der Waals surface area contributed by atoms with Crippen molar-refractivity contribution in [2.75, 3.05) is 33.4 Å². The van der Waals surface area contributed by atoms with Crippen LogP contribution in [0.25, 0.3) is 0 Å². The summed E-state index contributed by atoms with van der Waals surface area (Å²) in [6.45, 7) is 4.22. The van der Waals surface area contributed by atoms with Gasteiger partial charge in [0.1, 0.15) is 5.76 Å². The Kier molecular flexibility index (Phi) is 6.50. The minimum atomic E-state index is -0.554. The van der Waals surface area contributed by atoms with Crippen molar-refractivity contribution in [2.24, 2.45) is 16.1 Å². The zero-order valence-corrected chi connectivity index (χ0v) is 16.2. The van der Waals surface area contributed by atoms with E-state index in [1.807, 2.05) is 0 Å². The number of amides is 1. The van der Waals surface area contributed by atoms with Gasteiger partial charge in [0.2, 0.25) is 0 Å². The highest BCUT2D eigenvalue weighted by Gasteiger charge is 2.40. The van der Waals surface area contributed by atoms with E-state index in [4.69, 9.17) is 14.9 Å². The number of nitrogens with two attached hydrogens (primary N) is 1. The number of carbonyl (C=O) groups excluding carboxylic acids is 1. The summed E-state index contributed by atoms with van der Waals surface area (Å²) in [6.07, 6.45) is 3.44. The van der Waals surface area contributed by atoms with Crippen LogP contribution in [-0.4, -0.2) is 50.1 Å². The Labute approximate surface area is 159 Å². The number of halogens is 1. The smallest absolute Gasteiger partial charge is 0.284 e. The topological polar surface area (TPSA) is 93.1 Å². The second kappa shape index (κ2) is 8.19. The van der Waals surface area contributed by atoms with Crippen molar-refractivity contribution in [3.8, 4) is 0 Å². The molecule has 1 aromatic heterocycles. The van der Waals surface area contributed by atoms with Crippen LogP contribution in [0.2, 0.25) is 0 Å². The fourth-order valence-corrected chi connectivity index (χ4v) is 3.43. The molecule has 0 unspecified atom stereocenters. The molecule has 0 radical (unpaired) electrons. The first kappa shape index (κ1) is 19.0. The Bertz CT molecular complexity index is 596. The maximum Gasteiger partial charge on any atom is 0.284 e. The maximum atomic E-state index is 11.1. The van der Waals surface area contributed by atoms with Gasteiger partial charge in [0.25, 0.3) is 5.91 Å². The number of hydrogen-bond acceptors (Lipinski definition) is 4. The first-order valence-corrected chi connectivity index (χ1v) is 8.04. The Morgan fingerprint density at radius 3 is 2.75 bits per heavy atom. The van der Waals surface area contributed by atoms with Gasteiger partial charge >= 0.3 is 0 Å². The second-order valence-corrected chi connectivity index (χ2v) is 6.31. The lowest BCUT2D eigenvalue weighted by Gasteiger charge is -2.33. The summed E-state index contributed by atoms with van der Waals surface area (Å²) >= 11 is 0. The molecular formula is C16H25IN4O3. The van der Waals surface area contributed by atoms with E-state index in [0.717, 1.165) is 45.1 Å². The number of rotatable bonds is 3. The molecule has 2 aliphatic rings. The zero-order valence-electron chi connectivity index (χ0n) is 13.9. The summed E-state index contributed by atoms with van der Waals surface area (Å²) in [4.78, 5) is 17.7. The molecule has 2 saturated heterocycles. The van der Waals surface area contributed by atoms with Crippen LogP contribution < -0.4 is 11.1 Å². The highest BCUT2D eigenvalue weighted by Crippen LogP contribution is 2.39. The van der Waals surface area contributed by atoms with Gasteiger partial charge in [-0.3, -0.25) is 9.79 Å². The van der Waals surface area contributed by atoms with Crippen molar-refractivity contribution < 1.29 is 13.9 Å². The Balaban J connectivity index is 0.00000208. The van der Waals surface area contributed by atoms with Crippen LogP contribution in [0.5, 0.6) is 0 Å². The third-order valence-electron chi connectivity index (χ3n) is 4.83. The van der Waals surface area contributed by atoms with E-state index in [-0.39, 0.29) is 29.7 Å². The fraction of sp³-hybridized carbons (Fsp3) is 0.625. The number of hydrogen-bond donors (Lipinski definition) is 2. The third kappa shape index (κ3) is 4.21. The molecule has 3 N–H and O–H groups in total. The molecule has 0 aromatic carbocycles. The largest absolute Gasteiger partial charge is 0.454 e. The summed E-state index contributed by atoms with van der Waals surface area (Å²) < 4.78 is 10.9. The predicted molar refractivity (Wildman–Crippen MR) is 102 cm³/mol. The lowest BCUT2D eigenvalue weighted by molar-refractivity contribution is 0.0217. The maximum absolute atomic E-state index is 11.1. The first-order chi connectivity index (χ1) is 11.1. The van der Waals surface area contributed by atoms with E-state index < -0.39 is 5.91 Å². The SMILES string of the molecule is CN=C(NCc1ccc(C(N)=O)o1)N1CCC2(CCOCC2)C1.I. The lowest BCUT2D eigenvalue weighted by atomic mass is 9.80. The van der Waals surface area contributed by atoms with Crippen LogP contribution in [0.1, 0.15) is 35.6 Å². The zero-order chi connectivity index (χ0) is 16.3. The number of carbonyl (C=O) groups is 1. The van der Waals surface area contributed by atoms with Gasteiger partial charge in [0.05, 0.1) is 6.54 Å². The average molecular weight is 448 g/mol. The molecule has 0 bridgehead atoms. The Morgan fingerprint density at radius 1 is 1.38 bits per heavy atom. The van der Waals surface area contributed by atoms with Gasteiger partial charge < -0.3 is 25.1 Å². The van der Waals surface area contributed by atoms with Gasteiger partial charge in [0.15, 0.2) is 11.7 Å². The van der Waals surface area contributed by atoms with Gasteiger partial charge in [-0.15, -0.1) is 24.0 Å². The molecule has 134 valence electrons. The fourth-order valence-electron chi connectivity index (χ4n) is 3.43. The number of ether oxygens (including phenoxy) is 1. The predicted octanol–water partition coefficient (Wildman–Crippen LogP) is 1.57. The molecule has 1 aromatic rings. The van der Waals surface area contributed by atoms with Crippen LogP contribution in [0.4, 0.5) is 0 Å². The number of nitrogens with zero attached hydrogens (tertiary/aromatic N) is 2. The second-order valence-electron chi connectivity index (χ2n) is 6.31. The summed E-state index contributed by atoms with van der Waals surface area (Å²) in [6, 6.07) is 3.35. The summed E-state index contributed by atoms with van der Waals surface area (Å²) in [7, 11) is 1.79. The van der Waals surface area contributed by atoms with Gasteiger partial charge in [-0.1, -0.05) is 0 Å². The molecule has 8 heteroatoms. The molecular weight excluding hydrogens is 423 g/mol. The molecule has 2 aliphatic heterocycles. The minimum Gasteiger partial charge on any atom is -0.454 e. The number of likely N-dealkylation sites (tertiary alicyclic amines) is 1. The van der Waals surface area contributed by atoms with Crippen LogP contribution in [0, 0.1) is 5.41 Å². The molecule has 0 atom stereocenters. The molecule has 3 rings (SSSR count). The van der Waals surface area contributed by atoms with E-state index in [2.05, 4.69) is 15.2 Å². The summed E-state index contributed by atoms with van der Waals surface area (Å²) in [5, 5.41) is 3.30. The quantitative estimate of drug-likeness (QED) is 0.416. The normalized spacial score (nSPS) is 20.0. The monoisotopic (exact) mass is 448 g/mol. The van der Waals surface area contributed by atoms with Gasteiger partial charge in [0, 0.05) is 33.4 Å². The Hall–Kier alpha value is -1.29. The minimum absolute atomic E-state index is 0. The van der Waals surface area contributed by atoms with Crippen molar-refractivity contribution in [1.29, 1.82) is 0 Å². The summed E-state index contributed by atoms with van der Waals surface area (Å²) in [5.41, 5.74) is 5.57. The van der Waals surface area contributed by atoms with Crippen molar-refractivity contribution in [3.05, 3.63) is 23.7 Å². The Morgan fingerprint density at radius 2 is 2.12 bits per heavy atom. The van der Waals surface area contributed by atoms with Crippen molar-refractivity contribution in [1.82, 2.24) is 10.2 Å². The standard InChI is InChI=1S/C16H24N4O3.HI/c1-18-15(19-10-12-2-3-13(23-12)14(17)21)20-7-4-16(11-20)5-8-22-9-6-16;/h2-3H,4-11H2,1H3,(H2,17,21)(H,18,19);1H. The van der Waals surface area contributed by atoms with E-state index in [9.17, 15) is 4.79 Å². The summed E-state index contributed by atoms with van der Waals surface area (Å²) in [5.74, 6) is 1.16. The number of primary amides is 1. The van der Waals surface area contributed by atoms with E-state index >= 15 is 0 Å². The van der Waals surface area contributed by atoms with E-state index in [1.165, 1.54) is 6.42 Å². The number of guanidine groups is 1. The van der Waals surface area contributed by atoms with E-state index in [0.29, 0.717) is 17.7 Å². The van der Waals surface area contributed by atoms with Gasteiger partial charge in [-0.25, -0.2) is 0 Å². The van der Waals surface area contributed by atoms with Crippen LogP contribution >= 0.6 is 24.0 Å². The molecule has 24 heavy (non-hydrogen) atoms. The molecule has 7 nitrogen and oxygen atoms in total. The van der Waals surface area contributed by atoms with E-state index in [1.54, 1.807) is 19.2 Å². The van der Waals surface area contributed by atoms with Crippen molar-refractivity contribution in [2.45, 2.75) is 25.8 Å². The number of nitrogens with one attached hydrogen (secondary N) is 1. The average Bonchev–Trinajstić information content (AvgIpc) is 3.17. The van der Waals surface area contributed by atoms with Gasteiger partial charge in [-0.2, -0.15) is 0 Å². The first-order valence-electron chi connectivity index (χ1n) is 8.04. The molecule has 1 spiro atoms. The molecule has 1 amide bonds. The number of furan rings is 1.